The van der Waals surface area contributed by atoms with Crippen LogP contribution < -0.4 is 11.1 Å². The van der Waals surface area contributed by atoms with Gasteiger partial charge < -0.3 is 20.5 Å². The van der Waals surface area contributed by atoms with Crippen LogP contribution in [0.3, 0.4) is 0 Å². The second-order valence-electron chi connectivity index (χ2n) is 4.60. The number of anilines is 1. The average Bonchev–Trinajstić information content (AvgIpc) is 2.69. The molecule has 0 aliphatic carbocycles. The Morgan fingerprint density at radius 2 is 2.10 bits per heavy atom. The fourth-order valence-electron chi connectivity index (χ4n) is 1.67. The minimum atomic E-state index is -0.535. The van der Waals surface area contributed by atoms with E-state index < -0.39 is 5.97 Å². The predicted molar refractivity (Wildman–Crippen MR) is 76.6 cm³/mol. The van der Waals surface area contributed by atoms with Gasteiger partial charge in [-0.1, -0.05) is 0 Å². The Hall–Kier alpha value is -2.09. The monoisotopic (exact) mass is 298 g/mol. The number of nitrogens with two attached hydrogens (primary N) is 1. The molecule has 0 fully saturated rings. The van der Waals surface area contributed by atoms with Crippen LogP contribution in [0.5, 0.6) is 0 Å². The van der Waals surface area contributed by atoms with Crippen LogP contribution in [0.2, 0.25) is 0 Å². The van der Waals surface area contributed by atoms with E-state index in [1.807, 2.05) is 0 Å². The van der Waals surface area contributed by atoms with Gasteiger partial charge in [0.1, 0.15) is 6.54 Å². The standard InChI is InChI=1S/C13H22N4O4/c1-9-13(14)10(2)17(16-9)7-12(19)21-8-11(18)15-5-4-6-20-3/h4-8,14H2,1-3H3,(H,15,18). The summed E-state index contributed by atoms with van der Waals surface area (Å²) in [6, 6.07) is 0. The van der Waals surface area contributed by atoms with Crippen molar-refractivity contribution in [2.45, 2.75) is 26.8 Å². The van der Waals surface area contributed by atoms with Crippen LogP contribution in [0.4, 0.5) is 5.69 Å². The Bertz CT molecular complexity index is 499. The maximum atomic E-state index is 11.6. The molecule has 1 heterocycles. The van der Waals surface area contributed by atoms with Crippen molar-refractivity contribution in [2.24, 2.45) is 0 Å². The topological polar surface area (TPSA) is 108 Å². The van der Waals surface area contributed by atoms with Crippen LogP contribution in [0.25, 0.3) is 0 Å². The van der Waals surface area contributed by atoms with Gasteiger partial charge in [0.05, 0.1) is 17.1 Å². The Balaban J connectivity index is 2.30. The largest absolute Gasteiger partial charge is 0.454 e. The first-order valence-corrected chi connectivity index (χ1v) is 6.66. The van der Waals surface area contributed by atoms with Crippen molar-refractivity contribution in [3.05, 3.63) is 11.4 Å². The summed E-state index contributed by atoms with van der Waals surface area (Å²) in [4.78, 5) is 23.1. The van der Waals surface area contributed by atoms with Crippen LogP contribution in [0.15, 0.2) is 0 Å². The smallest absolute Gasteiger partial charge is 0.328 e. The summed E-state index contributed by atoms with van der Waals surface area (Å²) in [5.74, 6) is -0.875. The molecule has 0 spiro atoms. The number of carbonyl (C=O) groups excluding carboxylic acids is 2. The van der Waals surface area contributed by atoms with Crippen molar-refractivity contribution >= 4 is 17.6 Å². The molecule has 0 saturated carbocycles. The maximum absolute atomic E-state index is 11.6. The fraction of sp³-hybridized carbons (Fsp3) is 0.615. The van der Waals surface area contributed by atoms with Gasteiger partial charge >= 0.3 is 5.97 Å². The van der Waals surface area contributed by atoms with Crippen molar-refractivity contribution in [2.75, 3.05) is 32.6 Å². The van der Waals surface area contributed by atoms with Gasteiger partial charge in [-0.2, -0.15) is 5.10 Å². The number of ether oxygens (including phenoxy) is 2. The third-order valence-corrected chi connectivity index (χ3v) is 2.93. The molecule has 0 unspecified atom stereocenters. The molecule has 3 N–H and O–H groups in total. The van der Waals surface area contributed by atoms with E-state index in [2.05, 4.69) is 10.4 Å². The molecule has 0 radical (unpaired) electrons. The van der Waals surface area contributed by atoms with E-state index in [1.165, 1.54) is 4.68 Å². The van der Waals surface area contributed by atoms with Gasteiger partial charge in [0.25, 0.3) is 5.91 Å². The Morgan fingerprint density at radius 1 is 1.38 bits per heavy atom. The number of aryl methyl sites for hydroxylation is 1. The van der Waals surface area contributed by atoms with E-state index in [1.54, 1.807) is 21.0 Å². The van der Waals surface area contributed by atoms with Crippen molar-refractivity contribution in [3.63, 3.8) is 0 Å². The lowest BCUT2D eigenvalue weighted by Crippen LogP contribution is -2.30. The number of esters is 1. The molecular weight excluding hydrogens is 276 g/mol. The summed E-state index contributed by atoms with van der Waals surface area (Å²) in [7, 11) is 1.59. The third-order valence-electron chi connectivity index (χ3n) is 2.93. The number of carbonyl (C=O) groups is 2. The van der Waals surface area contributed by atoms with Crippen LogP contribution in [0.1, 0.15) is 17.8 Å². The zero-order valence-electron chi connectivity index (χ0n) is 12.6. The number of nitrogens with one attached hydrogen (secondary N) is 1. The highest BCUT2D eigenvalue weighted by molar-refractivity contribution is 5.80. The summed E-state index contributed by atoms with van der Waals surface area (Å²) in [5, 5.41) is 6.75. The summed E-state index contributed by atoms with van der Waals surface area (Å²) in [6.45, 7) is 4.21. The average molecular weight is 298 g/mol. The van der Waals surface area contributed by atoms with Gasteiger partial charge in [-0.25, -0.2) is 0 Å². The number of hydrogen-bond acceptors (Lipinski definition) is 6. The van der Waals surface area contributed by atoms with E-state index in [9.17, 15) is 9.59 Å². The molecule has 118 valence electrons. The Morgan fingerprint density at radius 3 is 2.67 bits per heavy atom. The van der Waals surface area contributed by atoms with E-state index in [0.717, 1.165) is 0 Å². The van der Waals surface area contributed by atoms with Gasteiger partial charge in [-0.3, -0.25) is 14.3 Å². The molecule has 1 amide bonds. The van der Waals surface area contributed by atoms with Gasteiger partial charge in [-0.15, -0.1) is 0 Å². The number of nitrogens with zero attached hydrogens (tertiary/aromatic N) is 2. The molecule has 0 aliphatic rings. The number of hydrogen-bond donors (Lipinski definition) is 2. The first kappa shape index (κ1) is 17.0. The van der Waals surface area contributed by atoms with Crippen LogP contribution in [-0.2, 0) is 25.6 Å². The quantitative estimate of drug-likeness (QED) is 0.507. The molecule has 0 aliphatic heterocycles. The Kier molecular flexibility index (Phi) is 6.67. The highest BCUT2D eigenvalue weighted by Gasteiger charge is 2.13. The number of amides is 1. The molecule has 1 aromatic rings. The van der Waals surface area contributed by atoms with E-state index >= 15 is 0 Å². The lowest BCUT2D eigenvalue weighted by atomic mass is 10.3. The molecule has 0 atom stereocenters. The lowest BCUT2D eigenvalue weighted by Gasteiger charge is -2.07. The highest BCUT2D eigenvalue weighted by Crippen LogP contribution is 2.14. The second kappa shape index (κ2) is 8.25. The number of rotatable bonds is 8. The molecule has 8 nitrogen and oxygen atoms in total. The Labute approximate surface area is 123 Å². The predicted octanol–water partition coefficient (Wildman–Crippen LogP) is -0.222. The number of methoxy groups -OCH3 is 1. The van der Waals surface area contributed by atoms with Crippen molar-refractivity contribution in [1.29, 1.82) is 0 Å². The van der Waals surface area contributed by atoms with Gasteiger partial charge in [0.15, 0.2) is 6.61 Å². The van der Waals surface area contributed by atoms with E-state index in [-0.39, 0.29) is 19.1 Å². The van der Waals surface area contributed by atoms with Crippen molar-refractivity contribution in [1.82, 2.24) is 15.1 Å². The van der Waals surface area contributed by atoms with Crippen LogP contribution in [0, 0.1) is 13.8 Å². The SMILES string of the molecule is COCCCNC(=O)COC(=O)Cn1nc(C)c(N)c1C. The van der Waals surface area contributed by atoms with Gasteiger partial charge in [0, 0.05) is 20.3 Å². The molecule has 8 heteroatoms. The molecule has 0 aromatic carbocycles. The molecule has 1 rings (SSSR count). The van der Waals surface area contributed by atoms with E-state index in [4.69, 9.17) is 15.2 Å². The zero-order valence-corrected chi connectivity index (χ0v) is 12.6. The van der Waals surface area contributed by atoms with Crippen LogP contribution >= 0.6 is 0 Å². The molecule has 0 saturated heterocycles. The van der Waals surface area contributed by atoms with Gasteiger partial charge in [0.2, 0.25) is 0 Å². The summed E-state index contributed by atoms with van der Waals surface area (Å²) >= 11 is 0. The normalized spacial score (nSPS) is 10.4. The van der Waals surface area contributed by atoms with Crippen molar-refractivity contribution in [3.8, 4) is 0 Å². The first-order chi connectivity index (χ1) is 9.95. The number of nitrogen functional groups attached to an aromatic ring is 1. The summed E-state index contributed by atoms with van der Waals surface area (Å²) in [6.07, 6.45) is 0.710. The fourth-order valence-corrected chi connectivity index (χ4v) is 1.67. The second-order valence-corrected chi connectivity index (χ2v) is 4.60. The third kappa shape index (κ3) is 5.42. The summed E-state index contributed by atoms with van der Waals surface area (Å²) in [5.41, 5.74) is 7.69. The zero-order chi connectivity index (χ0) is 15.8. The molecule has 21 heavy (non-hydrogen) atoms. The van der Waals surface area contributed by atoms with Gasteiger partial charge in [-0.05, 0) is 20.3 Å². The van der Waals surface area contributed by atoms with Crippen LogP contribution in [-0.4, -0.2) is 48.5 Å². The minimum Gasteiger partial charge on any atom is -0.454 e. The molecule has 1 aromatic heterocycles. The first-order valence-electron chi connectivity index (χ1n) is 6.66. The summed E-state index contributed by atoms with van der Waals surface area (Å²) < 4.78 is 11.2. The molecular formula is C13H22N4O4. The highest BCUT2D eigenvalue weighted by atomic mass is 16.5. The molecule has 0 bridgehead atoms. The van der Waals surface area contributed by atoms with E-state index in [0.29, 0.717) is 36.6 Å². The minimum absolute atomic E-state index is 0.0686. The lowest BCUT2D eigenvalue weighted by molar-refractivity contribution is -0.149. The van der Waals surface area contributed by atoms with Crippen molar-refractivity contribution < 1.29 is 19.1 Å². The number of aromatic nitrogens is 2. The maximum Gasteiger partial charge on any atom is 0.328 e.